The maximum atomic E-state index is 12.1. The molecule has 0 bridgehead atoms. The monoisotopic (exact) mass is 262 g/mol. The second-order valence-corrected chi connectivity index (χ2v) is 5.39. The fraction of sp³-hybridized carbons (Fsp3) is 0.571. The molecule has 0 radical (unpaired) electrons. The van der Waals surface area contributed by atoms with E-state index in [1.807, 2.05) is 25.1 Å². The van der Waals surface area contributed by atoms with E-state index in [-0.39, 0.29) is 11.8 Å². The lowest BCUT2D eigenvalue weighted by molar-refractivity contribution is -0.134. The van der Waals surface area contributed by atoms with Crippen molar-refractivity contribution in [2.75, 3.05) is 39.5 Å². The molecule has 104 valence electrons. The number of piperidine rings is 1. The summed E-state index contributed by atoms with van der Waals surface area (Å²) in [6.07, 6.45) is 3.38. The highest BCUT2D eigenvalue weighted by Crippen LogP contribution is 2.28. The molecule has 1 aromatic heterocycles. The number of nitrogen functional groups attached to an aromatic ring is 1. The van der Waals surface area contributed by atoms with Crippen molar-refractivity contribution in [3.8, 4) is 0 Å². The Morgan fingerprint density at radius 3 is 2.84 bits per heavy atom. The van der Waals surface area contributed by atoms with Crippen molar-refractivity contribution in [2.45, 2.75) is 18.8 Å². The van der Waals surface area contributed by atoms with Gasteiger partial charge < -0.3 is 15.5 Å². The minimum absolute atomic E-state index is 0.245. The predicted molar refractivity (Wildman–Crippen MR) is 75.8 cm³/mol. The van der Waals surface area contributed by atoms with E-state index < -0.39 is 0 Å². The molecule has 1 aromatic rings. The zero-order valence-electron chi connectivity index (χ0n) is 11.7. The Kier molecular flexibility index (Phi) is 4.37. The van der Waals surface area contributed by atoms with Crippen LogP contribution in [0.3, 0.4) is 0 Å². The lowest BCUT2D eigenvalue weighted by Gasteiger charge is -2.32. The number of carbonyl (C=O) groups excluding carboxylic acids is 1. The van der Waals surface area contributed by atoms with Crippen LogP contribution < -0.4 is 5.73 Å². The van der Waals surface area contributed by atoms with E-state index in [4.69, 9.17) is 5.73 Å². The minimum Gasteiger partial charge on any atom is -0.384 e. The van der Waals surface area contributed by atoms with E-state index in [1.165, 1.54) is 0 Å². The molecule has 1 fully saturated rings. The van der Waals surface area contributed by atoms with Gasteiger partial charge in [-0.15, -0.1) is 0 Å². The number of aromatic nitrogens is 1. The van der Waals surface area contributed by atoms with Crippen molar-refractivity contribution in [3.05, 3.63) is 23.9 Å². The van der Waals surface area contributed by atoms with Crippen LogP contribution in [0.4, 0.5) is 5.82 Å². The van der Waals surface area contributed by atoms with Crippen molar-refractivity contribution in [3.63, 3.8) is 0 Å². The molecule has 5 heteroatoms. The van der Waals surface area contributed by atoms with Gasteiger partial charge in [-0.05, 0) is 38.1 Å². The summed E-state index contributed by atoms with van der Waals surface area (Å²) >= 11 is 0. The molecule has 0 aliphatic carbocycles. The summed E-state index contributed by atoms with van der Waals surface area (Å²) < 4.78 is 0. The van der Waals surface area contributed by atoms with Gasteiger partial charge in [0.25, 0.3) is 0 Å². The summed E-state index contributed by atoms with van der Waals surface area (Å²) in [4.78, 5) is 20.3. The number of likely N-dealkylation sites (tertiary alicyclic amines) is 1. The molecule has 2 rings (SSSR count). The first-order chi connectivity index (χ1) is 9.06. The molecular weight excluding hydrogens is 240 g/mol. The third-order valence-corrected chi connectivity index (χ3v) is 3.62. The Balaban J connectivity index is 1.92. The number of nitrogens with two attached hydrogens (primary N) is 1. The lowest BCUT2D eigenvalue weighted by Crippen LogP contribution is -2.41. The number of likely N-dealkylation sites (N-methyl/N-ethyl adjacent to an activating group) is 1. The molecule has 0 aromatic carbocycles. The van der Waals surface area contributed by atoms with Crippen LogP contribution in [0.15, 0.2) is 18.3 Å². The molecular formula is C14H22N4O. The van der Waals surface area contributed by atoms with Crippen molar-refractivity contribution in [2.24, 2.45) is 0 Å². The molecule has 1 saturated heterocycles. The van der Waals surface area contributed by atoms with Gasteiger partial charge in [-0.1, -0.05) is 6.07 Å². The summed E-state index contributed by atoms with van der Waals surface area (Å²) in [6.45, 7) is 2.57. The average molecular weight is 262 g/mol. The molecule has 0 spiro atoms. The number of nitrogens with zero attached hydrogens (tertiary/aromatic N) is 3. The number of carbonyl (C=O) groups is 1. The summed E-state index contributed by atoms with van der Waals surface area (Å²) in [5.74, 6) is 1.06. The molecule has 5 nitrogen and oxygen atoms in total. The molecule has 1 atom stereocenters. The third-order valence-electron chi connectivity index (χ3n) is 3.62. The van der Waals surface area contributed by atoms with Crippen molar-refractivity contribution < 1.29 is 4.79 Å². The smallest absolute Gasteiger partial charge is 0.223 e. The van der Waals surface area contributed by atoms with Crippen LogP contribution in [0.2, 0.25) is 0 Å². The van der Waals surface area contributed by atoms with Gasteiger partial charge in [-0.2, -0.15) is 0 Å². The van der Waals surface area contributed by atoms with E-state index in [1.54, 1.807) is 12.3 Å². The molecule has 19 heavy (non-hydrogen) atoms. The predicted octanol–water partition coefficient (Wildman–Crippen LogP) is 0.931. The fourth-order valence-corrected chi connectivity index (χ4v) is 2.38. The molecule has 2 N–H and O–H groups in total. The normalized spacial score (nSPS) is 20.1. The molecule has 2 heterocycles. The van der Waals surface area contributed by atoms with Gasteiger partial charge >= 0.3 is 0 Å². The number of pyridine rings is 1. The molecule has 1 amide bonds. The van der Waals surface area contributed by atoms with E-state index in [9.17, 15) is 4.79 Å². The van der Waals surface area contributed by atoms with Crippen LogP contribution in [-0.2, 0) is 4.79 Å². The summed E-state index contributed by atoms with van der Waals surface area (Å²) in [5, 5.41) is 0. The highest BCUT2D eigenvalue weighted by molar-refractivity contribution is 5.78. The third kappa shape index (κ3) is 3.67. The topological polar surface area (TPSA) is 62.5 Å². The van der Waals surface area contributed by atoms with E-state index in [0.717, 1.165) is 31.6 Å². The molecule has 1 aliphatic heterocycles. The van der Waals surface area contributed by atoms with Crippen LogP contribution in [-0.4, -0.2) is 54.4 Å². The van der Waals surface area contributed by atoms with Gasteiger partial charge in [0.15, 0.2) is 0 Å². The Morgan fingerprint density at radius 1 is 1.47 bits per heavy atom. The second-order valence-electron chi connectivity index (χ2n) is 5.39. The van der Waals surface area contributed by atoms with Crippen LogP contribution in [0.25, 0.3) is 0 Å². The number of amides is 1. The minimum atomic E-state index is 0.245. The van der Waals surface area contributed by atoms with Gasteiger partial charge in [0.05, 0.1) is 0 Å². The van der Waals surface area contributed by atoms with E-state index in [0.29, 0.717) is 12.2 Å². The molecule has 1 aliphatic rings. The maximum Gasteiger partial charge on any atom is 0.223 e. The first kappa shape index (κ1) is 13.8. The Hall–Kier alpha value is -1.62. The number of rotatable bonds is 4. The fourth-order valence-electron chi connectivity index (χ4n) is 2.38. The highest BCUT2D eigenvalue weighted by Gasteiger charge is 2.26. The molecule has 0 saturated carbocycles. The van der Waals surface area contributed by atoms with Gasteiger partial charge in [-0.25, -0.2) is 4.98 Å². The van der Waals surface area contributed by atoms with E-state index in [2.05, 4.69) is 9.88 Å². The van der Waals surface area contributed by atoms with Crippen LogP contribution in [0.1, 0.15) is 24.3 Å². The van der Waals surface area contributed by atoms with Crippen LogP contribution in [0, 0.1) is 0 Å². The Bertz CT molecular complexity index is 430. The zero-order chi connectivity index (χ0) is 13.8. The highest BCUT2D eigenvalue weighted by atomic mass is 16.2. The van der Waals surface area contributed by atoms with E-state index >= 15 is 0 Å². The van der Waals surface area contributed by atoms with Crippen molar-refractivity contribution in [1.82, 2.24) is 14.8 Å². The number of anilines is 1. The Labute approximate surface area is 114 Å². The summed E-state index contributed by atoms with van der Waals surface area (Å²) in [5.41, 5.74) is 6.70. The first-order valence-electron chi connectivity index (χ1n) is 6.70. The average Bonchev–Trinajstić information content (AvgIpc) is 2.38. The second kappa shape index (κ2) is 6.02. The largest absolute Gasteiger partial charge is 0.384 e. The SMILES string of the molecule is CN(C)CCN1CCC(c2ccc(N)nc2)CC1=O. The first-order valence-corrected chi connectivity index (χ1v) is 6.70. The lowest BCUT2D eigenvalue weighted by atomic mass is 9.90. The number of hydrogen-bond donors (Lipinski definition) is 1. The van der Waals surface area contributed by atoms with Crippen molar-refractivity contribution in [1.29, 1.82) is 0 Å². The zero-order valence-corrected chi connectivity index (χ0v) is 11.7. The standard InChI is InChI=1S/C14H22N4O/c1-17(2)7-8-18-6-5-11(9-14(18)19)12-3-4-13(15)16-10-12/h3-4,10-11H,5-9H2,1-2H3,(H2,15,16). The van der Waals surface area contributed by atoms with Crippen LogP contribution >= 0.6 is 0 Å². The van der Waals surface area contributed by atoms with Gasteiger partial charge in [0.2, 0.25) is 5.91 Å². The molecule has 1 unspecified atom stereocenters. The summed E-state index contributed by atoms with van der Waals surface area (Å²) in [7, 11) is 4.05. The van der Waals surface area contributed by atoms with Crippen molar-refractivity contribution >= 4 is 11.7 Å². The van der Waals surface area contributed by atoms with Gasteiger partial charge in [0.1, 0.15) is 5.82 Å². The van der Waals surface area contributed by atoms with Gasteiger partial charge in [0, 0.05) is 32.3 Å². The summed E-state index contributed by atoms with van der Waals surface area (Å²) in [6, 6.07) is 3.79. The Morgan fingerprint density at radius 2 is 2.26 bits per heavy atom. The number of hydrogen-bond acceptors (Lipinski definition) is 4. The quantitative estimate of drug-likeness (QED) is 0.877. The maximum absolute atomic E-state index is 12.1. The van der Waals surface area contributed by atoms with Crippen LogP contribution in [0.5, 0.6) is 0 Å². The van der Waals surface area contributed by atoms with Gasteiger partial charge in [-0.3, -0.25) is 4.79 Å².